The molecule has 4 rings (SSSR count). The fraction of sp³-hybridized carbons (Fsp3) is 0.160. The van der Waals surface area contributed by atoms with Crippen LogP contribution in [0.3, 0.4) is 0 Å². The van der Waals surface area contributed by atoms with Gasteiger partial charge >= 0.3 is 0 Å². The van der Waals surface area contributed by atoms with Crippen LogP contribution < -0.4 is 5.56 Å². The van der Waals surface area contributed by atoms with Gasteiger partial charge in [0.2, 0.25) is 0 Å². The van der Waals surface area contributed by atoms with Gasteiger partial charge in [-0.2, -0.15) is 0 Å². The van der Waals surface area contributed by atoms with Crippen LogP contribution in [0.2, 0.25) is 0 Å². The molecule has 0 fully saturated rings. The number of amides is 1. The number of carbonyl (C=O) groups excluding carboxylic acids is 1. The molecule has 0 aliphatic carbocycles. The monoisotopic (exact) mass is 397 g/mol. The zero-order valence-electron chi connectivity index (χ0n) is 16.8. The molecule has 1 aromatic heterocycles. The Morgan fingerprint density at radius 3 is 2.43 bits per heavy atom. The fourth-order valence-electron chi connectivity index (χ4n) is 3.53. The van der Waals surface area contributed by atoms with Crippen molar-refractivity contribution in [2.45, 2.75) is 19.9 Å². The summed E-state index contributed by atoms with van der Waals surface area (Å²) in [6.45, 7) is 2.69. The molecule has 0 unspecified atom stereocenters. The van der Waals surface area contributed by atoms with Gasteiger partial charge in [0.05, 0.1) is 17.4 Å². The third-order valence-corrected chi connectivity index (χ3v) is 5.18. The molecule has 1 amide bonds. The number of hydrogen-bond donors (Lipinski definition) is 1. The van der Waals surface area contributed by atoms with Crippen molar-refractivity contribution in [3.05, 3.63) is 112 Å². The summed E-state index contributed by atoms with van der Waals surface area (Å²) >= 11 is 0. The van der Waals surface area contributed by atoms with Crippen molar-refractivity contribution in [3.63, 3.8) is 0 Å². The second-order valence-corrected chi connectivity index (χ2v) is 7.31. The molecule has 150 valence electrons. The number of aromatic nitrogens is 2. The number of aromatic amines is 1. The number of aryl methyl sites for hydroxylation is 1. The SMILES string of the molecule is Cc1ccccc1C(=O)N(CCc1ccccc1)Cc1nc2ccccc2c(=O)[nH]1. The van der Waals surface area contributed by atoms with E-state index < -0.39 is 0 Å². The Balaban J connectivity index is 1.65. The van der Waals surface area contributed by atoms with Gasteiger partial charge in [0.1, 0.15) is 5.82 Å². The lowest BCUT2D eigenvalue weighted by molar-refractivity contribution is 0.0740. The van der Waals surface area contributed by atoms with Crippen LogP contribution in [0.15, 0.2) is 83.7 Å². The van der Waals surface area contributed by atoms with Crippen molar-refractivity contribution < 1.29 is 4.79 Å². The van der Waals surface area contributed by atoms with Crippen LogP contribution in [0.1, 0.15) is 27.3 Å². The molecule has 0 aliphatic rings. The summed E-state index contributed by atoms with van der Waals surface area (Å²) in [5.74, 6) is 0.411. The second kappa shape index (κ2) is 8.74. The maximum atomic E-state index is 13.3. The summed E-state index contributed by atoms with van der Waals surface area (Å²) in [5, 5.41) is 0.544. The number of benzene rings is 3. The lowest BCUT2D eigenvalue weighted by Gasteiger charge is -2.23. The Kier molecular flexibility index (Phi) is 5.70. The first kappa shape index (κ1) is 19.6. The first-order chi connectivity index (χ1) is 14.6. The number of para-hydroxylation sites is 1. The minimum atomic E-state index is -0.193. The van der Waals surface area contributed by atoms with Crippen LogP contribution >= 0.6 is 0 Å². The fourth-order valence-corrected chi connectivity index (χ4v) is 3.53. The van der Waals surface area contributed by atoms with E-state index in [1.165, 1.54) is 0 Å². The molecule has 5 nitrogen and oxygen atoms in total. The maximum absolute atomic E-state index is 13.3. The van der Waals surface area contributed by atoms with Gasteiger partial charge in [-0.05, 0) is 42.7 Å². The van der Waals surface area contributed by atoms with Crippen LogP contribution in [0.25, 0.3) is 10.9 Å². The van der Waals surface area contributed by atoms with Gasteiger partial charge in [0.25, 0.3) is 11.5 Å². The average Bonchev–Trinajstić information content (AvgIpc) is 2.77. The summed E-state index contributed by atoms with van der Waals surface area (Å²) in [5.41, 5.74) is 3.17. The molecular weight excluding hydrogens is 374 g/mol. The molecular formula is C25H23N3O2. The van der Waals surface area contributed by atoms with E-state index in [2.05, 4.69) is 9.97 Å². The molecule has 0 bridgehead atoms. The second-order valence-electron chi connectivity index (χ2n) is 7.31. The summed E-state index contributed by atoms with van der Waals surface area (Å²) in [6.07, 6.45) is 0.719. The highest BCUT2D eigenvalue weighted by Gasteiger charge is 2.19. The van der Waals surface area contributed by atoms with E-state index in [0.29, 0.717) is 28.8 Å². The van der Waals surface area contributed by atoms with Crippen molar-refractivity contribution in [2.24, 2.45) is 0 Å². The number of H-pyrrole nitrogens is 1. The van der Waals surface area contributed by atoms with Crippen LogP contribution in [0.4, 0.5) is 0 Å². The zero-order chi connectivity index (χ0) is 20.9. The Hall–Kier alpha value is -3.73. The predicted octanol–water partition coefficient (Wildman–Crippen LogP) is 4.12. The summed E-state index contributed by atoms with van der Waals surface area (Å²) in [4.78, 5) is 35.0. The summed E-state index contributed by atoms with van der Waals surface area (Å²) < 4.78 is 0. The van der Waals surface area contributed by atoms with Crippen molar-refractivity contribution in [1.29, 1.82) is 0 Å². The molecule has 0 aliphatic heterocycles. The highest BCUT2D eigenvalue weighted by molar-refractivity contribution is 5.95. The molecule has 3 aromatic carbocycles. The van der Waals surface area contributed by atoms with E-state index in [0.717, 1.165) is 17.5 Å². The quantitative estimate of drug-likeness (QED) is 0.532. The number of fused-ring (bicyclic) bond motifs is 1. The van der Waals surface area contributed by atoms with Gasteiger partial charge in [-0.1, -0.05) is 60.7 Å². The highest BCUT2D eigenvalue weighted by atomic mass is 16.2. The highest BCUT2D eigenvalue weighted by Crippen LogP contribution is 2.14. The zero-order valence-corrected chi connectivity index (χ0v) is 16.8. The molecule has 0 atom stereocenters. The maximum Gasteiger partial charge on any atom is 0.258 e. The van der Waals surface area contributed by atoms with Crippen LogP contribution in [-0.4, -0.2) is 27.3 Å². The molecule has 1 heterocycles. The molecule has 0 saturated heterocycles. The van der Waals surface area contributed by atoms with E-state index in [9.17, 15) is 9.59 Å². The smallest absolute Gasteiger partial charge is 0.258 e. The Bertz CT molecular complexity index is 1230. The van der Waals surface area contributed by atoms with Crippen LogP contribution in [0.5, 0.6) is 0 Å². The Morgan fingerprint density at radius 1 is 0.933 bits per heavy atom. The standard InChI is InChI=1S/C25H23N3O2/c1-18-9-5-6-12-20(18)25(30)28(16-15-19-10-3-2-4-11-19)17-23-26-22-14-8-7-13-21(22)24(29)27-23/h2-14H,15-17H2,1H3,(H,26,27,29). The van der Waals surface area contributed by atoms with E-state index in [-0.39, 0.29) is 18.0 Å². The first-order valence-corrected chi connectivity index (χ1v) is 9.98. The predicted molar refractivity (Wildman–Crippen MR) is 118 cm³/mol. The number of nitrogens with one attached hydrogen (secondary N) is 1. The largest absolute Gasteiger partial charge is 0.331 e. The average molecular weight is 397 g/mol. The van der Waals surface area contributed by atoms with E-state index in [1.54, 1.807) is 11.0 Å². The van der Waals surface area contributed by atoms with Crippen molar-refractivity contribution in [3.8, 4) is 0 Å². The normalized spacial score (nSPS) is 10.8. The molecule has 0 spiro atoms. The van der Waals surface area contributed by atoms with Gasteiger partial charge < -0.3 is 9.88 Å². The topological polar surface area (TPSA) is 66.1 Å². The number of nitrogens with zero attached hydrogens (tertiary/aromatic N) is 2. The third kappa shape index (κ3) is 4.30. The van der Waals surface area contributed by atoms with Gasteiger partial charge in [0, 0.05) is 12.1 Å². The van der Waals surface area contributed by atoms with E-state index in [4.69, 9.17) is 0 Å². The lowest BCUT2D eigenvalue weighted by atomic mass is 10.1. The third-order valence-electron chi connectivity index (χ3n) is 5.18. The van der Waals surface area contributed by atoms with Crippen molar-refractivity contribution in [2.75, 3.05) is 6.54 Å². The van der Waals surface area contributed by atoms with Gasteiger partial charge in [-0.3, -0.25) is 9.59 Å². The molecule has 5 heteroatoms. The van der Waals surface area contributed by atoms with E-state index >= 15 is 0 Å². The van der Waals surface area contributed by atoms with Crippen molar-refractivity contribution in [1.82, 2.24) is 14.9 Å². The van der Waals surface area contributed by atoms with Crippen molar-refractivity contribution >= 4 is 16.8 Å². The molecule has 0 saturated carbocycles. The summed E-state index contributed by atoms with van der Waals surface area (Å²) in [7, 11) is 0. The molecule has 1 N–H and O–H groups in total. The Morgan fingerprint density at radius 2 is 1.63 bits per heavy atom. The minimum Gasteiger partial charge on any atom is -0.331 e. The number of carbonyl (C=O) groups is 1. The molecule has 4 aromatic rings. The molecule has 0 radical (unpaired) electrons. The number of hydrogen-bond acceptors (Lipinski definition) is 3. The Labute approximate surface area is 175 Å². The van der Waals surface area contributed by atoms with Crippen LogP contribution in [0, 0.1) is 6.92 Å². The van der Waals surface area contributed by atoms with E-state index in [1.807, 2.05) is 79.7 Å². The minimum absolute atomic E-state index is 0.0696. The van der Waals surface area contributed by atoms with Gasteiger partial charge in [-0.25, -0.2) is 4.98 Å². The lowest BCUT2D eigenvalue weighted by Crippen LogP contribution is -2.34. The first-order valence-electron chi connectivity index (χ1n) is 9.98. The van der Waals surface area contributed by atoms with Crippen LogP contribution in [-0.2, 0) is 13.0 Å². The summed E-state index contributed by atoms with van der Waals surface area (Å²) in [6, 6.07) is 24.8. The molecule has 30 heavy (non-hydrogen) atoms. The number of rotatable bonds is 6. The van der Waals surface area contributed by atoms with Gasteiger partial charge in [-0.15, -0.1) is 0 Å². The van der Waals surface area contributed by atoms with Gasteiger partial charge in [0.15, 0.2) is 0 Å².